The molecule has 1 atom stereocenters. The first-order chi connectivity index (χ1) is 8.50. The van der Waals surface area contributed by atoms with Crippen LogP contribution in [-0.4, -0.2) is 46.0 Å². The van der Waals surface area contributed by atoms with Crippen molar-refractivity contribution in [2.75, 3.05) is 18.8 Å². The molecule has 0 radical (unpaired) electrons. The van der Waals surface area contributed by atoms with Crippen LogP contribution in [0.2, 0.25) is 0 Å². The summed E-state index contributed by atoms with van der Waals surface area (Å²) in [7, 11) is 0. The Hall–Kier alpha value is -0.710. The van der Waals surface area contributed by atoms with E-state index in [1.54, 1.807) is 0 Å². The number of rotatable bonds is 6. The molecule has 1 aliphatic rings. The zero-order valence-electron chi connectivity index (χ0n) is 11.2. The van der Waals surface area contributed by atoms with E-state index in [4.69, 9.17) is 5.11 Å². The fourth-order valence-corrected chi connectivity index (χ4v) is 3.31. The van der Waals surface area contributed by atoms with Gasteiger partial charge in [0.2, 0.25) is 5.91 Å². The number of hydrogen-bond acceptors (Lipinski definition) is 3. The highest BCUT2D eigenvalue weighted by molar-refractivity contribution is 8.00. The third-order valence-electron chi connectivity index (χ3n) is 3.22. The van der Waals surface area contributed by atoms with Gasteiger partial charge >= 0.3 is 5.97 Å². The molecule has 5 heteroatoms. The maximum absolute atomic E-state index is 12.0. The van der Waals surface area contributed by atoms with Gasteiger partial charge in [-0.2, -0.15) is 11.8 Å². The number of aliphatic carboxylic acids is 1. The largest absolute Gasteiger partial charge is 0.481 e. The molecule has 1 unspecified atom stereocenters. The molecule has 1 amide bonds. The summed E-state index contributed by atoms with van der Waals surface area (Å²) in [5.74, 6) is 1.02. The number of thioether (sulfide) groups is 1. The summed E-state index contributed by atoms with van der Waals surface area (Å²) < 4.78 is 0. The van der Waals surface area contributed by atoms with Gasteiger partial charge < -0.3 is 10.0 Å². The first-order valence-corrected chi connectivity index (χ1v) is 7.66. The Morgan fingerprint density at radius 3 is 2.61 bits per heavy atom. The van der Waals surface area contributed by atoms with E-state index in [1.807, 2.05) is 16.7 Å². The predicted octanol–water partition coefficient (Wildman–Crippen LogP) is 2.23. The lowest BCUT2D eigenvalue weighted by atomic mass is 10.1. The third-order valence-corrected chi connectivity index (χ3v) is 4.76. The predicted molar refractivity (Wildman–Crippen MR) is 73.8 cm³/mol. The van der Waals surface area contributed by atoms with Gasteiger partial charge in [0.15, 0.2) is 0 Å². The monoisotopic (exact) mass is 273 g/mol. The molecule has 1 saturated heterocycles. The van der Waals surface area contributed by atoms with Crippen molar-refractivity contribution in [1.82, 2.24) is 4.90 Å². The standard InChI is InChI=1S/C13H23NO3S/c1-10(2)11-9-14(7-8-18-11)12(15)5-3-4-6-13(16)17/h10-11H,3-9H2,1-2H3,(H,16,17). The van der Waals surface area contributed by atoms with E-state index in [0.717, 1.165) is 18.8 Å². The van der Waals surface area contributed by atoms with E-state index < -0.39 is 5.97 Å². The first kappa shape index (κ1) is 15.3. The molecular weight excluding hydrogens is 250 g/mol. The molecule has 1 N–H and O–H groups in total. The highest BCUT2D eigenvalue weighted by Gasteiger charge is 2.25. The van der Waals surface area contributed by atoms with Crippen molar-refractivity contribution < 1.29 is 14.7 Å². The van der Waals surface area contributed by atoms with Crippen LogP contribution in [0, 0.1) is 5.92 Å². The van der Waals surface area contributed by atoms with E-state index in [-0.39, 0.29) is 12.3 Å². The number of amides is 1. The maximum atomic E-state index is 12.0. The topological polar surface area (TPSA) is 57.6 Å². The first-order valence-electron chi connectivity index (χ1n) is 6.62. The molecule has 0 aromatic carbocycles. The van der Waals surface area contributed by atoms with Crippen LogP contribution in [0.1, 0.15) is 39.5 Å². The summed E-state index contributed by atoms with van der Waals surface area (Å²) in [6.07, 6.45) is 1.93. The molecule has 1 heterocycles. The van der Waals surface area contributed by atoms with Crippen LogP contribution >= 0.6 is 11.8 Å². The minimum absolute atomic E-state index is 0.164. The van der Waals surface area contributed by atoms with Crippen LogP contribution in [0.25, 0.3) is 0 Å². The lowest BCUT2D eigenvalue weighted by Crippen LogP contribution is -2.43. The van der Waals surface area contributed by atoms with Gasteiger partial charge in [0.05, 0.1) is 0 Å². The highest BCUT2D eigenvalue weighted by atomic mass is 32.2. The molecule has 4 nitrogen and oxygen atoms in total. The molecule has 1 rings (SSSR count). The van der Waals surface area contributed by atoms with Crippen LogP contribution in [0.15, 0.2) is 0 Å². The van der Waals surface area contributed by atoms with Crippen molar-refractivity contribution in [3.05, 3.63) is 0 Å². The number of nitrogens with zero attached hydrogens (tertiary/aromatic N) is 1. The normalized spacial score (nSPS) is 20.2. The van der Waals surface area contributed by atoms with Crippen molar-refractivity contribution in [2.45, 2.75) is 44.8 Å². The molecular formula is C13H23NO3S. The Bertz CT molecular complexity index is 294. The van der Waals surface area contributed by atoms with Crippen molar-refractivity contribution in [3.8, 4) is 0 Å². The van der Waals surface area contributed by atoms with Crippen molar-refractivity contribution in [1.29, 1.82) is 0 Å². The lowest BCUT2D eigenvalue weighted by Gasteiger charge is -2.34. The molecule has 104 valence electrons. The fourth-order valence-electron chi connectivity index (χ4n) is 2.02. The molecule has 0 aliphatic carbocycles. The second-order valence-electron chi connectivity index (χ2n) is 5.09. The van der Waals surface area contributed by atoms with Gasteiger partial charge in [-0.25, -0.2) is 0 Å². The number of unbranched alkanes of at least 4 members (excludes halogenated alkanes) is 1. The minimum atomic E-state index is -0.781. The zero-order chi connectivity index (χ0) is 13.5. The fraction of sp³-hybridized carbons (Fsp3) is 0.846. The Labute approximate surface area is 113 Å². The van der Waals surface area contributed by atoms with Crippen LogP contribution < -0.4 is 0 Å². The Morgan fingerprint density at radius 1 is 1.33 bits per heavy atom. The van der Waals surface area contributed by atoms with Crippen molar-refractivity contribution >= 4 is 23.6 Å². The van der Waals surface area contributed by atoms with Gasteiger partial charge in [-0.1, -0.05) is 13.8 Å². The average molecular weight is 273 g/mol. The van der Waals surface area contributed by atoms with E-state index in [1.165, 1.54) is 0 Å². The quantitative estimate of drug-likeness (QED) is 0.754. The van der Waals surface area contributed by atoms with Crippen molar-refractivity contribution in [3.63, 3.8) is 0 Å². The van der Waals surface area contributed by atoms with Gasteiger partial charge in [0.25, 0.3) is 0 Å². The van der Waals surface area contributed by atoms with E-state index in [0.29, 0.717) is 30.4 Å². The molecule has 1 fully saturated rings. The summed E-state index contributed by atoms with van der Waals surface area (Å²) in [6.45, 7) is 6.07. The number of carbonyl (C=O) groups excluding carboxylic acids is 1. The highest BCUT2D eigenvalue weighted by Crippen LogP contribution is 2.25. The van der Waals surface area contributed by atoms with E-state index in [2.05, 4.69) is 13.8 Å². The van der Waals surface area contributed by atoms with Gasteiger partial charge in [-0.3, -0.25) is 9.59 Å². The maximum Gasteiger partial charge on any atom is 0.303 e. The Kier molecular flexibility index (Phi) is 6.54. The molecule has 0 spiro atoms. The minimum Gasteiger partial charge on any atom is -0.481 e. The smallest absolute Gasteiger partial charge is 0.303 e. The molecule has 1 aliphatic heterocycles. The average Bonchev–Trinajstić information content (AvgIpc) is 2.34. The van der Waals surface area contributed by atoms with Crippen LogP contribution in [-0.2, 0) is 9.59 Å². The van der Waals surface area contributed by atoms with Crippen LogP contribution in [0.5, 0.6) is 0 Å². The Balaban J connectivity index is 2.26. The SMILES string of the molecule is CC(C)C1CN(C(=O)CCCCC(=O)O)CCS1. The second kappa shape index (κ2) is 7.67. The van der Waals surface area contributed by atoms with Crippen LogP contribution in [0.3, 0.4) is 0 Å². The molecule has 0 bridgehead atoms. The van der Waals surface area contributed by atoms with Crippen LogP contribution in [0.4, 0.5) is 0 Å². The molecule has 18 heavy (non-hydrogen) atoms. The van der Waals surface area contributed by atoms with Gasteiger partial charge in [0.1, 0.15) is 0 Å². The molecule has 0 aromatic heterocycles. The number of hydrogen-bond donors (Lipinski definition) is 1. The molecule has 0 saturated carbocycles. The zero-order valence-corrected chi connectivity index (χ0v) is 12.0. The van der Waals surface area contributed by atoms with Gasteiger partial charge in [-0.05, 0) is 18.8 Å². The number of carboxylic acids is 1. The van der Waals surface area contributed by atoms with E-state index in [9.17, 15) is 9.59 Å². The van der Waals surface area contributed by atoms with Crippen molar-refractivity contribution in [2.24, 2.45) is 5.92 Å². The molecule has 0 aromatic rings. The second-order valence-corrected chi connectivity index (χ2v) is 6.44. The summed E-state index contributed by atoms with van der Waals surface area (Å²) in [6, 6.07) is 0. The number of carboxylic acid groups (broad SMARTS) is 1. The van der Waals surface area contributed by atoms with Gasteiger partial charge in [-0.15, -0.1) is 0 Å². The lowest BCUT2D eigenvalue weighted by molar-refractivity contribution is -0.137. The summed E-state index contributed by atoms with van der Waals surface area (Å²) in [5.41, 5.74) is 0. The van der Waals surface area contributed by atoms with Gasteiger partial charge in [0, 0.05) is 36.9 Å². The van der Waals surface area contributed by atoms with E-state index >= 15 is 0 Å². The summed E-state index contributed by atoms with van der Waals surface area (Å²) >= 11 is 1.95. The number of carbonyl (C=O) groups is 2. The summed E-state index contributed by atoms with van der Waals surface area (Å²) in [4.78, 5) is 24.3. The third kappa shape index (κ3) is 5.29. The summed E-state index contributed by atoms with van der Waals surface area (Å²) in [5, 5.41) is 9.07. The Morgan fingerprint density at radius 2 is 2.00 bits per heavy atom.